The summed E-state index contributed by atoms with van der Waals surface area (Å²) in [6.07, 6.45) is -1.01. The quantitative estimate of drug-likeness (QED) is 0.619. The minimum atomic E-state index is -1.01. The lowest BCUT2D eigenvalue weighted by molar-refractivity contribution is 1.04. The molecular weight excluding hydrogens is 299 g/mol. The van der Waals surface area contributed by atoms with E-state index in [1.54, 1.807) is 0 Å². The zero-order chi connectivity index (χ0) is 18.0. The second-order valence-corrected chi connectivity index (χ2v) is 7.91. The van der Waals surface area contributed by atoms with Crippen LogP contribution in [-0.4, -0.2) is 6.15 Å². The van der Waals surface area contributed by atoms with E-state index in [1.165, 1.54) is 33.1 Å². The number of rotatable bonds is 4. The lowest BCUT2D eigenvalue weighted by Crippen LogP contribution is -2.69. The number of benzene rings is 3. The molecular formula is C24H28B-. The van der Waals surface area contributed by atoms with E-state index in [1.807, 2.05) is 0 Å². The summed E-state index contributed by atoms with van der Waals surface area (Å²) < 4.78 is 0. The van der Waals surface area contributed by atoms with Gasteiger partial charge in [0.15, 0.2) is 0 Å². The van der Waals surface area contributed by atoms with E-state index in [0.29, 0.717) is 5.82 Å². The van der Waals surface area contributed by atoms with Crippen molar-refractivity contribution < 1.29 is 0 Å². The molecule has 0 aliphatic carbocycles. The smallest absolute Gasteiger partial charge is 0.0837 e. The molecule has 3 aromatic rings. The zero-order valence-electron chi connectivity index (χ0n) is 16.1. The molecule has 0 atom stereocenters. The third-order valence-corrected chi connectivity index (χ3v) is 5.81. The fourth-order valence-corrected chi connectivity index (χ4v) is 4.34. The average molecular weight is 327 g/mol. The monoisotopic (exact) mass is 327 g/mol. The zero-order valence-corrected chi connectivity index (χ0v) is 16.1. The van der Waals surface area contributed by atoms with Gasteiger partial charge in [-0.25, -0.2) is 0 Å². The van der Waals surface area contributed by atoms with Crippen LogP contribution in [0.25, 0.3) is 0 Å². The summed E-state index contributed by atoms with van der Waals surface area (Å²) in [5.74, 6) is 0.494. The molecule has 0 saturated carbocycles. The van der Waals surface area contributed by atoms with Crippen molar-refractivity contribution in [2.45, 2.75) is 40.4 Å². The van der Waals surface area contributed by atoms with Gasteiger partial charge in [0.2, 0.25) is 0 Å². The molecule has 0 aliphatic rings. The van der Waals surface area contributed by atoms with Crippen molar-refractivity contribution in [3.05, 3.63) is 89.5 Å². The maximum Gasteiger partial charge on any atom is 0.0837 e. The fourth-order valence-electron chi connectivity index (χ4n) is 4.34. The van der Waals surface area contributed by atoms with Crippen molar-refractivity contribution >= 4 is 22.5 Å². The van der Waals surface area contributed by atoms with Crippen molar-refractivity contribution in [2.75, 3.05) is 0 Å². The van der Waals surface area contributed by atoms with Crippen LogP contribution in [0.1, 0.15) is 30.5 Å². The van der Waals surface area contributed by atoms with Gasteiger partial charge >= 0.3 is 0 Å². The highest BCUT2D eigenvalue weighted by Gasteiger charge is 2.32. The van der Waals surface area contributed by atoms with Crippen LogP contribution in [0, 0.1) is 20.8 Å². The first-order valence-corrected chi connectivity index (χ1v) is 9.32. The molecule has 0 saturated heterocycles. The highest BCUT2D eigenvalue weighted by atomic mass is 14.1. The molecule has 0 fully saturated rings. The van der Waals surface area contributed by atoms with Gasteiger partial charge in [-0.3, -0.25) is 0 Å². The van der Waals surface area contributed by atoms with Gasteiger partial charge in [-0.05, 0) is 20.8 Å². The molecule has 0 spiro atoms. The molecule has 0 bridgehead atoms. The van der Waals surface area contributed by atoms with E-state index in [2.05, 4.69) is 107 Å². The van der Waals surface area contributed by atoms with Crippen LogP contribution < -0.4 is 16.4 Å². The summed E-state index contributed by atoms with van der Waals surface area (Å²) in [4.78, 5) is 0. The standard InChI is InChI=1S/C24H28B/c1-18(2)25(22-12-6-19(3)7-13-22,23-14-8-20(4)9-15-23)24-16-10-21(5)11-17-24/h6-18H,1-5H3/q-1. The minimum Gasteiger partial charge on any atom is -0.200 e. The molecule has 128 valence electrons. The minimum absolute atomic E-state index is 0.494. The van der Waals surface area contributed by atoms with E-state index in [0.717, 1.165) is 0 Å². The van der Waals surface area contributed by atoms with E-state index in [9.17, 15) is 0 Å². The number of hydrogen-bond donors (Lipinski definition) is 0. The van der Waals surface area contributed by atoms with E-state index < -0.39 is 6.15 Å². The van der Waals surface area contributed by atoms with Gasteiger partial charge in [0.25, 0.3) is 0 Å². The first kappa shape index (κ1) is 17.5. The van der Waals surface area contributed by atoms with Crippen LogP contribution in [-0.2, 0) is 0 Å². The highest BCUT2D eigenvalue weighted by molar-refractivity contribution is 7.12. The molecule has 0 N–H and O–H groups in total. The van der Waals surface area contributed by atoms with Gasteiger partial charge in [0.1, 0.15) is 0 Å². The highest BCUT2D eigenvalue weighted by Crippen LogP contribution is 2.22. The van der Waals surface area contributed by atoms with E-state index >= 15 is 0 Å². The van der Waals surface area contributed by atoms with Gasteiger partial charge in [0, 0.05) is 0 Å². The molecule has 0 unspecified atom stereocenters. The molecule has 0 amide bonds. The normalized spacial score (nSPS) is 11.8. The largest absolute Gasteiger partial charge is 0.200 e. The SMILES string of the molecule is Cc1ccc([B-](c2ccc(C)cc2)(c2ccc(C)cc2)C(C)C)cc1. The molecule has 25 heavy (non-hydrogen) atoms. The summed E-state index contributed by atoms with van der Waals surface area (Å²) in [5.41, 5.74) is 8.20. The number of hydrogen-bond acceptors (Lipinski definition) is 0. The first-order valence-electron chi connectivity index (χ1n) is 9.32. The Hall–Kier alpha value is -2.28. The molecule has 0 aromatic heterocycles. The van der Waals surface area contributed by atoms with E-state index in [-0.39, 0.29) is 0 Å². The van der Waals surface area contributed by atoms with Crippen LogP contribution in [0.3, 0.4) is 0 Å². The first-order chi connectivity index (χ1) is 11.9. The van der Waals surface area contributed by atoms with Gasteiger partial charge < -0.3 is 0 Å². The lowest BCUT2D eigenvalue weighted by atomic mass is 9.11. The maximum atomic E-state index is 2.36. The molecule has 0 radical (unpaired) electrons. The Morgan fingerprint density at radius 3 is 0.920 bits per heavy atom. The topological polar surface area (TPSA) is 0 Å². The summed E-state index contributed by atoms with van der Waals surface area (Å²) >= 11 is 0. The maximum absolute atomic E-state index is 2.36. The van der Waals surface area contributed by atoms with Crippen LogP contribution in [0.2, 0.25) is 5.82 Å². The summed E-state index contributed by atoms with van der Waals surface area (Å²) in [5, 5.41) is 0. The van der Waals surface area contributed by atoms with E-state index in [4.69, 9.17) is 0 Å². The Kier molecular flexibility index (Phi) is 4.86. The van der Waals surface area contributed by atoms with Crippen LogP contribution in [0.4, 0.5) is 0 Å². The van der Waals surface area contributed by atoms with Crippen LogP contribution in [0.15, 0.2) is 72.8 Å². The Morgan fingerprint density at radius 2 is 0.720 bits per heavy atom. The molecule has 0 aliphatic heterocycles. The Morgan fingerprint density at radius 1 is 0.480 bits per heavy atom. The van der Waals surface area contributed by atoms with Crippen molar-refractivity contribution in [3.8, 4) is 0 Å². The summed E-state index contributed by atoms with van der Waals surface area (Å²) in [6.45, 7) is 11.2. The Labute approximate surface area is 152 Å². The summed E-state index contributed by atoms with van der Waals surface area (Å²) in [7, 11) is 0. The third kappa shape index (κ3) is 3.16. The van der Waals surface area contributed by atoms with Crippen LogP contribution in [0.5, 0.6) is 0 Å². The van der Waals surface area contributed by atoms with Crippen LogP contribution >= 0.6 is 0 Å². The average Bonchev–Trinajstić information content (AvgIpc) is 2.60. The lowest BCUT2D eigenvalue weighted by Gasteiger charge is -2.47. The Balaban J connectivity index is 2.33. The second-order valence-electron chi connectivity index (χ2n) is 7.91. The van der Waals surface area contributed by atoms with Crippen molar-refractivity contribution in [3.63, 3.8) is 0 Å². The predicted molar refractivity (Wildman–Crippen MR) is 113 cm³/mol. The summed E-state index contributed by atoms with van der Waals surface area (Å²) in [6, 6.07) is 27.5. The van der Waals surface area contributed by atoms with Crippen molar-refractivity contribution in [1.29, 1.82) is 0 Å². The fraction of sp³-hybridized carbons (Fsp3) is 0.250. The molecule has 3 rings (SSSR count). The molecule has 0 heterocycles. The van der Waals surface area contributed by atoms with Gasteiger partial charge in [-0.2, -0.15) is 22.2 Å². The molecule has 3 aromatic carbocycles. The van der Waals surface area contributed by atoms with Crippen molar-refractivity contribution in [2.24, 2.45) is 0 Å². The molecule has 1 heteroatoms. The number of aryl methyl sites for hydroxylation is 3. The second kappa shape index (κ2) is 6.92. The predicted octanol–water partition coefficient (Wildman–Crippen LogP) is 4.49. The van der Waals surface area contributed by atoms with Crippen molar-refractivity contribution in [1.82, 2.24) is 0 Å². The Bertz CT molecular complexity index is 714. The van der Waals surface area contributed by atoms with Gasteiger partial charge in [0.05, 0.1) is 6.15 Å². The molecule has 0 nitrogen and oxygen atoms in total. The van der Waals surface area contributed by atoms with Gasteiger partial charge in [-0.1, -0.05) is 103 Å². The third-order valence-electron chi connectivity index (χ3n) is 5.81. The van der Waals surface area contributed by atoms with Gasteiger partial charge in [-0.15, -0.1) is 0 Å².